The van der Waals surface area contributed by atoms with Gasteiger partial charge in [0.05, 0.1) is 2.74 Å². The quantitative estimate of drug-likeness (QED) is 0.288. The van der Waals surface area contributed by atoms with Crippen LogP contribution in [0.3, 0.4) is 0 Å². The third-order valence-corrected chi connectivity index (χ3v) is 13.1. The molecule has 32 heavy (non-hydrogen) atoms. The van der Waals surface area contributed by atoms with Crippen LogP contribution in [0.2, 0.25) is 23.0 Å². The maximum absolute atomic E-state index is 8.99. The Bertz CT molecular complexity index is 838. The molecule has 2 aliphatic rings. The average Bonchev–Trinajstić information content (AvgIpc) is 2.80. The zero-order valence-electron chi connectivity index (χ0n) is 22.5. The van der Waals surface area contributed by atoms with Crippen molar-refractivity contribution in [1.29, 1.82) is 0 Å². The number of benzene rings is 2. The Morgan fingerprint density at radius 3 is 1.78 bits per heavy atom. The van der Waals surface area contributed by atoms with Gasteiger partial charge in [-0.25, -0.2) is 0 Å². The van der Waals surface area contributed by atoms with Gasteiger partial charge in [-0.2, -0.15) is 0 Å². The second-order valence-corrected chi connectivity index (χ2v) is 15.4. The predicted molar refractivity (Wildman–Crippen MR) is 143 cm³/mol. The molecule has 0 saturated carbocycles. The third-order valence-electron chi connectivity index (χ3n) is 8.22. The summed E-state index contributed by atoms with van der Waals surface area (Å²) in [5, 5.41) is 2.09. The monoisotopic (exact) mass is 448 g/mol. The van der Waals surface area contributed by atoms with E-state index in [0.717, 1.165) is 41.6 Å². The van der Waals surface area contributed by atoms with Crippen LogP contribution in [0.15, 0.2) is 60.7 Å². The van der Waals surface area contributed by atoms with Crippen molar-refractivity contribution in [3.05, 3.63) is 60.7 Å². The Balaban J connectivity index is 1.49. The first-order valence-electron chi connectivity index (χ1n) is 14.0. The molecular weight excluding hydrogens is 403 g/mol. The number of hydrogen-bond acceptors (Lipinski definition) is 1. The second kappa shape index (κ2) is 10.7. The Morgan fingerprint density at radius 1 is 0.812 bits per heavy atom. The number of unbranched alkanes of at least 4 members (excludes halogenated alkanes) is 1. The van der Waals surface area contributed by atoms with E-state index < -0.39 is 14.9 Å². The van der Waals surface area contributed by atoms with Gasteiger partial charge in [0.15, 0.2) is 0 Å². The highest BCUT2D eigenvalue weighted by atomic mass is 28.4. The van der Waals surface area contributed by atoms with Crippen LogP contribution in [0.4, 0.5) is 0 Å². The fourth-order valence-corrected chi connectivity index (χ4v) is 10.9. The molecule has 0 unspecified atom stereocenters. The van der Waals surface area contributed by atoms with E-state index >= 15 is 0 Å². The molecule has 2 bridgehead atoms. The summed E-state index contributed by atoms with van der Waals surface area (Å²) in [6.07, 6.45) is 12.4. The minimum Gasteiger partial charge on any atom is -0.407 e. The fourth-order valence-electron chi connectivity index (χ4n) is 6.67. The van der Waals surface area contributed by atoms with Gasteiger partial charge in [-0.1, -0.05) is 151 Å². The molecule has 4 rings (SSSR count). The summed E-state index contributed by atoms with van der Waals surface area (Å²) in [6.45, 7) is 5.91. The lowest BCUT2D eigenvalue weighted by Gasteiger charge is -2.43. The lowest BCUT2D eigenvalue weighted by molar-refractivity contribution is 0.287. The lowest BCUT2D eigenvalue weighted by atomic mass is 9.26. The van der Waals surface area contributed by atoms with Crippen LogP contribution in [-0.4, -0.2) is 21.6 Å². The van der Waals surface area contributed by atoms with Crippen molar-refractivity contribution in [3.63, 3.8) is 0 Å². The molecular formula is C29H43BOSi. The molecule has 172 valence electrons. The molecule has 0 aromatic heterocycles. The molecule has 2 aliphatic heterocycles. The summed E-state index contributed by atoms with van der Waals surface area (Å²) < 4.78 is 24.8. The standard InChI is InChI=1S/C29H43BOSi/c1-29(2,3)32(27-19-7-4-8-20-27,28-21-9-5-10-22-28)31-24-12-6-11-23-30-25-15-13-16-26(30)18-14-17-25/h4-5,7-10,19-22,25-26H,6,11-18,23-24H2,1-3H3/i24D2. The number of rotatable bonds is 9. The molecule has 0 N–H and O–H groups in total. The van der Waals surface area contributed by atoms with Gasteiger partial charge in [0.2, 0.25) is 0 Å². The first kappa shape index (κ1) is 21.2. The van der Waals surface area contributed by atoms with Crippen LogP contribution in [-0.2, 0) is 4.43 Å². The Labute approximate surface area is 201 Å². The first-order chi connectivity index (χ1) is 16.2. The summed E-state index contributed by atoms with van der Waals surface area (Å²) in [5.74, 6) is 1.88. The topological polar surface area (TPSA) is 9.23 Å². The van der Waals surface area contributed by atoms with E-state index in [1.165, 1.54) is 44.8 Å². The van der Waals surface area contributed by atoms with E-state index in [2.05, 4.69) is 69.3 Å². The summed E-state index contributed by atoms with van der Waals surface area (Å²) in [4.78, 5) is 0. The second-order valence-electron chi connectivity index (χ2n) is 11.2. The van der Waals surface area contributed by atoms with E-state index in [-0.39, 0.29) is 5.04 Å². The smallest absolute Gasteiger partial charge is 0.261 e. The van der Waals surface area contributed by atoms with Gasteiger partial charge >= 0.3 is 0 Å². The summed E-state index contributed by atoms with van der Waals surface area (Å²) in [6, 6.07) is 20.9. The minimum absolute atomic E-state index is 0.206. The van der Waals surface area contributed by atoms with Crippen LogP contribution in [0, 0.1) is 0 Å². The van der Waals surface area contributed by atoms with Crippen molar-refractivity contribution in [2.75, 3.05) is 6.56 Å². The van der Waals surface area contributed by atoms with Gasteiger partial charge in [-0.05, 0) is 21.8 Å². The summed E-state index contributed by atoms with van der Waals surface area (Å²) in [7, 11) is -2.87. The van der Waals surface area contributed by atoms with Crippen molar-refractivity contribution in [1.82, 2.24) is 0 Å². The maximum atomic E-state index is 8.99. The van der Waals surface area contributed by atoms with Crippen molar-refractivity contribution < 1.29 is 7.17 Å². The van der Waals surface area contributed by atoms with Crippen molar-refractivity contribution in [2.45, 2.75) is 102 Å². The van der Waals surface area contributed by atoms with Crippen LogP contribution in [0.5, 0.6) is 0 Å². The third kappa shape index (κ3) is 5.09. The SMILES string of the molecule is [2H]C([2H])(CCCCB1C2CCCC1CCC2)O[Si](c1ccccc1)(c1ccccc1)C(C)(C)C. The van der Waals surface area contributed by atoms with Crippen LogP contribution in [0.25, 0.3) is 0 Å². The van der Waals surface area contributed by atoms with E-state index in [4.69, 9.17) is 7.17 Å². The van der Waals surface area contributed by atoms with Gasteiger partial charge in [0, 0.05) is 6.56 Å². The normalized spacial score (nSPS) is 22.9. The van der Waals surface area contributed by atoms with Crippen LogP contribution >= 0.6 is 0 Å². The molecule has 0 aliphatic carbocycles. The van der Waals surface area contributed by atoms with Crippen molar-refractivity contribution >= 4 is 25.4 Å². The van der Waals surface area contributed by atoms with Gasteiger partial charge in [0.1, 0.15) is 6.71 Å². The van der Waals surface area contributed by atoms with Crippen LogP contribution < -0.4 is 10.4 Å². The molecule has 2 fully saturated rings. The fraction of sp³-hybridized carbons (Fsp3) is 0.586. The molecule has 2 aromatic rings. The molecule has 2 saturated heterocycles. The Kier molecular flexibility index (Phi) is 7.13. The summed E-state index contributed by atoms with van der Waals surface area (Å²) in [5.41, 5.74) is 0. The van der Waals surface area contributed by atoms with Gasteiger partial charge in [0.25, 0.3) is 8.32 Å². The highest BCUT2D eigenvalue weighted by Gasteiger charge is 2.50. The molecule has 0 radical (unpaired) electrons. The molecule has 2 heterocycles. The zero-order valence-corrected chi connectivity index (χ0v) is 21.5. The van der Waals surface area contributed by atoms with Crippen LogP contribution in [0.1, 0.15) is 81.3 Å². The minimum atomic E-state index is -2.87. The van der Waals surface area contributed by atoms with E-state index in [9.17, 15) is 0 Å². The van der Waals surface area contributed by atoms with E-state index in [1.807, 2.05) is 12.1 Å². The zero-order chi connectivity index (χ0) is 24.2. The van der Waals surface area contributed by atoms with Gasteiger partial charge in [-0.3, -0.25) is 0 Å². The number of fused-ring (bicyclic) bond motifs is 2. The highest BCUT2D eigenvalue weighted by molar-refractivity contribution is 6.99. The number of hydrogen-bond donors (Lipinski definition) is 0. The average molecular weight is 449 g/mol. The molecule has 2 aromatic carbocycles. The molecule has 0 amide bonds. The Hall–Kier alpha value is -1.32. The predicted octanol–water partition coefficient (Wildman–Crippen LogP) is 7.34. The summed E-state index contributed by atoms with van der Waals surface area (Å²) >= 11 is 0. The van der Waals surface area contributed by atoms with Gasteiger partial charge < -0.3 is 4.43 Å². The highest BCUT2D eigenvalue weighted by Crippen LogP contribution is 2.48. The Morgan fingerprint density at radius 2 is 1.31 bits per heavy atom. The molecule has 0 atom stereocenters. The van der Waals surface area contributed by atoms with E-state index in [0.29, 0.717) is 6.42 Å². The largest absolute Gasteiger partial charge is 0.407 e. The molecule has 1 nitrogen and oxygen atoms in total. The molecule has 0 spiro atoms. The lowest BCUT2D eigenvalue weighted by Crippen LogP contribution is -2.66. The molecule has 3 heteroatoms. The van der Waals surface area contributed by atoms with Gasteiger partial charge in [-0.15, -0.1) is 0 Å². The van der Waals surface area contributed by atoms with Crippen molar-refractivity contribution in [3.8, 4) is 0 Å². The van der Waals surface area contributed by atoms with E-state index in [1.54, 1.807) is 0 Å². The maximum Gasteiger partial charge on any atom is 0.261 e. The first-order valence-corrected chi connectivity index (χ1v) is 14.9. The van der Waals surface area contributed by atoms with Crippen molar-refractivity contribution in [2.24, 2.45) is 0 Å².